The first kappa shape index (κ1) is 13.5. The van der Waals surface area contributed by atoms with E-state index in [1.807, 2.05) is 30.1 Å². The summed E-state index contributed by atoms with van der Waals surface area (Å²) in [4.78, 5) is 2.02. The molecule has 0 unspecified atom stereocenters. The molecule has 0 saturated heterocycles. The lowest BCUT2D eigenvalue weighted by molar-refractivity contribution is 0.0886. The Hall–Kier alpha value is -0.580. The van der Waals surface area contributed by atoms with Gasteiger partial charge in [-0.05, 0) is 37.6 Å². The summed E-state index contributed by atoms with van der Waals surface area (Å²) in [6.45, 7) is 4.65. The number of benzene rings is 1. The van der Waals surface area contributed by atoms with Gasteiger partial charge in [-0.2, -0.15) is 0 Å². The van der Waals surface area contributed by atoms with Crippen LogP contribution in [-0.4, -0.2) is 24.3 Å². The number of halogens is 1. The number of rotatable bonds is 4. The fourth-order valence-electron chi connectivity index (χ4n) is 1.76. The maximum atomic E-state index is 9.79. The van der Waals surface area contributed by atoms with Crippen molar-refractivity contribution in [2.45, 2.75) is 26.0 Å². The quantitative estimate of drug-likeness (QED) is 0.891. The summed E-state index contributed by atoms with van der Waals surface area (Å²) in [7, 11) is 1.96. The number of hydrogen-bond acceptors (Lipinski definition) is 3. The Morgan fingerprint density at radius 2 is 2.06 bits per heavy atom. The minimum atomic E-state index is -0.715. The van der Waals surface area contributed by atoms with Gasteiger partial charge in [0, 0.05) is 30.3 Å². The molecular weight excluding hydrogens is 268 g/mol. The smallest absolute Gasteiger partial charge is 0.0765 e. The Bertz CT molecular complexity index is 361. The van der Waals surface area contributed by atoms with Gasteiger partial charge in [0.1, 0.15) is 0 Å². The first-order chi connectivity index (χ1) is 7.33. The van der Waals surface area contributed by atoms with Crippen molar-refractivity contribution in [3.05, 3.63) is 28.2 Å². The Labute approximate surface area is 105 Å². The molecule has 0 heterocycles. The second-order valence-corrected chi connectivity index (χ2v) is 5.56. The maximum Gasteiger partial charge on any atom is 0.0765 e. The maximum absolute atomic E-state index is 9.79. The normalized spacial score (nSPS) is 11.6. The Morgan fingerprint density at radius 1 is 1.44 bits per heavy atom. The zero-order valence-corrected chi connectivity index (χ0v) is 11.6. The largest absolute Gasteiger partial charge is 0.389 e. The Kier molecular flexibility index (Phi) is 4.35. The van der Waals surface area contributed by atoms with Gasteiger partial charge < -0.3 is 15.7 Å². The highest BCUT2D eigenvalue weighted by Gasteiger charge is 2.17. The van der Waals surface area contributed by atoms with Crippen LogP contribution in [-0.2, 0) is 6.54 Å². The van der Waals surface area contributed by atoms with Crippen LogP contribution >= 0.6 is 15.9 Å². The molecule has 0 saturated carbocycles. The van der Waals surface area contributed by atoms with E-state index in [1.165, 1.54) is 0 Å². The Balaban J connectivity index is 2.94. The summed E-state index contributed by atoms with van der Waals surface area (Å²) in [6, 6.07) is 6.00. The van der Waals surface area contributed by atoms with E-state index in [2.05, 4.69) is 15.9 Å². The first-order valence-corrected chi connectivity index (χ1v) is 6.05. The van der Waals surface area contributed by atoms with E-state index in [0.717, 1.165) is 15.7 Å². The summed E-state index contributed by atoms with van der Waals surface area (Å²) in [5.41, 5.74) is 7.13. The van der Waals surface area contributed by atoms with Crippen LogP contribution in [0.4, 0.5) is 5.69 Å². The van der Waals surface area contributed by atoms with Crippen molar-refractivity contribution in [1.29, 1.82) is 0 Å². The molecule has 90 valence electrons. The van der Waals surface area contributed by atoms with Crippen LogP contribution in [0, 0.1) is 0 Å². The number of likely N-dealkylation sites (N-methyl/N-ethyl adjacent to an activating group) is 1. The molecule has 0 aliphatic heterocycles. The van der Waals surface area contributed by atoms with Crippen molar-refractivity contribution < 1.29 is 5.11 Å². The van der Waals surface area contributed by atoms with Crippen LogP contribution < -0.4 is 10.6 Å². The van der Waals surface area contributed by atoms with E-state index in [-0.39, 0.29) is 0 Å². The molecule has 1 aromatic carbocycles. The van der Waals surface area contributed by atoms with Crippen LogP contribution in [0.15, 0.2) is 22.7 Å². The number of hydrogen-bond donors (Lipinski definition) is 2. The van der Waals surface area contributed by atoms with Crippen molar-refractivity contribution in [3.8, 4) is 0 Å². The average molecular weight is 287 g/mol. The Morgan fingerprint density at radius 3 is 2.56 bits per heavy atom. The summed E-state index contributed by atoms with van der Waals surface area (Å²) < 4.78 is 1.02. The van der Waals surface area contributed by atoms with Gasteiger partial charge in [0.2, 0.25) is 0 Å². The first-order valence-electron chi connectivity index (χ1n) is 5.25. The SMILES string of the molecule is CN(CC(C)(C)O)c1ccc(Br)cc1CN. The topological polar surface area (TPSA) is 49.5 Å². The van der Waals surface area contributed by atoms with Gasteiger partial charge in [0.05, 0.1) is 5.60 Å². The highest BCUT2D eigenvalue weighted by molar-refractivity contribution is 9.10. The van der Waals surface area contributed by atoms with E-state index in [0.29, 0.717) is 13.1 Å². The molecular formula is C12H19BrN2O. The number of nitrogens with two attached hydrogens (primary N) is 1. The van der Waals surface area contributed by atoms with Gasteiger partial charge in [-0.15, -0.1) is 0 Å². The predicted octanol–water partition coefficient (Wildman–Crippen LogP) is 2.11. The third kappa shape index (κ3) is 3.77. The summed E-state index contributed by atoms with van der Waals surface area (Å²) >= 11 is 3.42. The van der Waals surface area contributed by atoms with Crippen LogP contribution in [0.2, 0.25) is 0 Å². The molecule has 0 aromatic heterocycles. The molecule has 3 nitrogen and oxygen atoms in total. The fourth-order valence-corrected chi connectivity index (χ4v) is 2.16. The van der Waals surface area contributed by atoms with Gasteiger partial charge in [0.25, 0.3) is 0 Å². The van der Waals surface area contributed by atoms with Crippen molar-refractivity contribution in [1.82, 2.24) is 0 Å². The van der Waals surface area contributed by atoms with Gasteiger partial charge in [-0.3, -0.25) is 0 Å². The van der Waals surface area contributed by atoms with E-state index < -0.39 is 5.60 Å². The standard InChI is InChI=1S/C12H19BrN2O/c1-12(2,16)8-15(3)11-5-4-10(13)6-9(11)7-14/h4-6,16H,7-8,14H2,1-3H3. The molecule has 0 radical (unpaired) electrons. The molecule has 0 spiro atoms. The lowest BCUT2D eigenvalue weighted by atomic mass is 10.1. The third-order valence-corrected chi connectivity index (χ3v) is 2.79. The van der Waals surface area contributed by atoms with Crippen LogP contribution in [0.25, 0.3) is 0 Å². The minimum absolute atomic E-state index is 0.491. The lowest BCUT2D eigenvalue weighted by Gasteiger charge is -2.28. The number of nitrogens with zero attached hydrogens (tertiary/aromatic N) is 1. The lowest BCUT2D eigenvalue weighted by Crippen LogP contribution is -2.36. The average Bonchev–Trinajstić information content (AvgIpc) is 2.14. The molecule has 0 bridgehead atoms. The van der Waals surface area contributed by atoms with Crippen LogP contribution in [0.3, 0.4) is 0 Å². The van der Waals surface area contributed by atoms with Gasteiger partial charge in [-0.25, -0.2) is 0 Å². The van der Waals surface area contributed by atoms with E-state index in [1.54, 1.807) is 13.8 Å². The highest BCUT2D eigenvalue weighted by Crippen LogP contribution is 2.24. The van der Waals surface area contributed by atoms with E-state index >= 15 is 0 Å². The van der Waals surface area contributed by atoms with Crippen LogP contribution in [0.5, 0.6) is 0 Å². The predicted molar refractivity (Wildman–Crippen MR) is 71.6 cm³/mol. The summed E-state index contributed by atoms with van der Waals surface area (Å²) in [6.07, 6.45) is 0. The molecule has 3 N–H and O–H groups in total. The fraction of sp³-hybridized carbons (Fsp3) is 0.500. The van der Waals surface area contributed by atoms with Crippen molar-refractivity contribution in [3.63, 3.8) is 0 Å². The van der Waals surface area contributed by atoms with E-state index in [9.17, 15) is 5.11 Å². The second-order valence-electron chi connectivity index (χ2n) is 4.65. The van der Waals surface area contributed by atoms with Crippen LogP contribution in [0.1, 0.15) is 19.4 Å². The van der Waals surface area contributed by atoms with Gasteiger partial charge in [-0.1, -0.05) is 15.9 Å². The van der Waals surface area contributed by atoms with Crippen molar-refractivity contribution in [2.75, 3.05) is 18.5 Å². The zero-order chi connectivity index (χ0) is 12.3. The third-order valence-electron chi connectivity index (χ3n) is 2.30. The van der Waals surface area contributed by atoms with Gasteiger partial charge >= 0.3 is 0 Å². The molecule has 16 heavy (non-hydrogen) atoms. The molecule has 1 rings (SSSR count). The molecule has 4 heteroatoms. The highest BCUT2D eigenvalue weighted by atomic mass is 79.9. The monoisotopic (exact) mass is 286 g/mol. The summed E-state index contributed by atoms with van der Waals surface area (Å²) in [5.74, 6) is 0. The van der Waals surface area contributed by atoms with E-state index in [4.69, 9.17) is 5.73 Å². The molecule has 0 amide bonds. The molecule has 1 aromatic rings. The molecule has 0 aliphatic carbocycles. The van der Waals surface area contributed by atoms with Crippen molar-refractivity contribution >= 4 is 21.6 Å². The van der Waals surface area contributed by atoms with Gasteiger partial charge in [0.15, 0.2) is 0 Å². The molecule has 0 aliphatic rings. The molecule has 0 fully saturated rings. The number of anilines is 1. The zero-order valence-electron chi connectivity index (χ0n) is 10.00. The minimum Gasteiger partial charge on any atom is -0.389 e. The number of aliphatic hydroxyl groups is 1. The molecule has 0 atom stereocenters. The summed E-state index contributed by atoms with van der Waals surface area (Å²) in [5, 5.41) is 9.79. The van der Waals surface area contributed by atoms with Crippen molar-refractivity contribution in [2.24, 2.45) is 5.73 Å². The second kappa shape index (κ2) is 5.17.